The molecule has 0 amide bonds. The van der Waals surface area contributed by atoms with E-state index in [1.54, 1.807) is 18.2 Å². The molecular formula is C11H11FN2OS2. The molecule has 1 unspecified atom stereocenters. The SMILES string of the molecule is Cc1nnc(SCC(O)c2ccccc2F)s1. The Balaban J connectivity index is 1.98. The fourth-order valence-electron chi connectivity index (χ4n) is 1.32. The molecule has 1 heterocycles. The van der Waals surface area contributed by atoms with Crippen molar-refractivity contribution in [3.8, 4) is 0 Å². The summed E-state index contributed by atoms with van der Waals surface area (Å²) >= 11 is 2.85. The van der Waals surface area contributed by atoms with E-state index in [-0.39, 0.29) is 5.82 Å². The molecule has 0 saturated carbocycles. The highest BCUT2D eigenvalue weighted by atomic mass is 32.2. The van der Waals surface area contributed by atoms with Crippen molar-refractivity contribution in [1.29, 1.82) is 0 Å². The topological polar surface area (TPSA) is 46.0 Å². The van der Waals surface area contributed by atoms with Crippen molar-refractivity contribution >= 4 is 23.1 Å². The summed E-state index contributed by atoms with van der Waals surface area (Å²) in [7, 11) is 0. The van der Waals surface area contributed by atoms with Crippen LogP contribution in [0, 0.1) is 12.7 Å². The molecule has 3 nitrogen and oxygen atoms in total. The zero-order valence-electron chi connectivity index (χ0n) is 9.13. The Bertz CT molecular complexity index is 504. The highest BCUT2D eigenvalue weighted by Crippen LogP contribution is 2.27. The third-order valence-corrected chi connectivity index (χ3v) is 4.18. The van der Waals surface area contributed by atoms with Gasteiger partial charge in [0.05, 0.1) is 6.10 Å². The van der Waals surface area contributed by atoms with Crippen LogP contribution in [0.1, 0.15) is 16.7 Å². The fourth-order valence-corrected chi connectivity index (χ4v) is 3.12. The number of aliphatic hydroxyl groups is 1. The van der Waals surface area contributed by atoms with E-state index in [0.717, 1.165) is 9.35 Å². The maximum Gasteiger partial charge on any atom is 0.174 e. The van der Waals surface area contributed by atoms with Gasteiger partial charge in [-0.25, -0.2) is 4.39 Å². The monoisotopic (exact) mass is 270 g/mol. The molecule has 90 valence electrons. The lowest BCUT2D eigenvalue weighted by molar-refractivity contribution is 0.199. The van der Waals surface area contributed by atoms with Crippen molar-refractivity contribution in [1.82, 2.24) is 10.2 Å². The summed E-state index contributed by atoms with van der Waals surface area (Å²) in [4.78, 5) is 0. The first-order chi connectivity index (χ1) is 8.16. The number of thioether (sulfide) groups is 1. The first-order valence-corrected chi connectivity index (χ1v) is 6.82. The van der Waals surface area contributed by atoms with Gasteiger partial charge in [0.2, 0.25) is 0 Å². The smallest absolute Gasteiger partial charge is 0.174 e. The van der Waals surface area contributed by atoms with Crippen LogP contribution >= 0.6 is 23.1 Å². The van der Waals surface area contributed by atoms with Crippen LogP contribution in [-0.4, -0.2) is 21.1 Å². The Morgan fingerprint density at radius 1 is 1.41 bits per heavy atom. The average molecular weight is 270 g/mol. The first-order valence-electron chi connectivity index (χ1n) is 5.02. The highest BCUT2D eigenvalue weighted by Gasteiger charge is 2.13. The van der Waals surface area contributed by atoms with Crippen molar-refractivity contribution in [3.05, 3.63) is 40.7 Å². The van der Waals surface area contributed by atoms with Gasteiger partial charge in [-0.15, -0.1) is 10.2 Å². The summed E-state index contributed by atoms with van der Waals surface area (Å²) in [5, 5.41) is 18.6. The summed E-state index contributed by atoms with van der Waals surface area (Å²) in [6.45, 7) is 1.87. The standard InChI is InChI=1S/C11H11FN2OS2/c1-7-13-14-11(17-7)16-6-10(15)8-4-2-3-5-9(8)12/h2-5,10,15H,6H2,1H3. The lowest BCUT2D eigenvalue weighted by Gasteiger charge is -2.09. The quantitative estimate of drug-likeness (QED) is 0.868. The predicted molar refractivity (Wildman–Crippen MR) is 66.7 cm³/mol. The molecule has 1 aromatic carbocycles. The number of aromatic nitrogens is 2. The average Bonchev–Trinajstić information content (AvgIpc) is 2.73. The van der Waals surface area contributed by atoms with E-state index in [2.05, 4.69) is 10.2 Å². The van der Waals surface area contributed by atoms with E-state index in [1.165, 1.54) is 29.2 Å². The predicted octanol–water partition coefficient (Wildman–Crippen LogP) is 2.81. The molecule has 0 saturated heterocycles. The van der Waals surface area contributed by atoms with Crippen molar-refractivity contribution in [2.24, 2.45) is 0 Å². The first kappa shape index (κ1) is 12.5. The van der Waals surface area contributed by atoms with Gasteiger partial charge in [0.25, 0.3) is 0 Å². The van der Waals surface area contributed by atoms with Gasteiger partial charge in [0.15, 0.2) is 4.34 Å². The molecule has 0 aliphatic rings. The number of aliphatic hydroxyl groups excluding tert-OH is 1. The molecule has 17 heavy (non-hydrogen) atoms. The van der Waals surface area contributed by atoms with E-state index in [1.807, 2.05) is 6.92 Å². The highest BCUT2D eigenvalue weighted by molar-refractivity contribution is 8.01. The maximum atomic E-state index is 13.4. The minimum Gasteiger partial charge on any atom is -0.387 e. The summed E-state index contributed by atoms with van der Waals surface area (Å²) in [5.41, 5.74) is 0.321. The normalized spacial score (nSPS) is 12.6. The number of nitrogens with zero attached hydrogens (tertiary/aromatic N) is 2. The van der Waals surface area contributed by atoms with Crippen LogP contribution < -0.4 is 0 Å². The summed E-state index contributed by atoms with van der Waals surface area (Å²) in [6.07, 6.45) is -0.828. The Labute approximate surface area is 107 Å². The molecule has 2 rings (SSSR count). The van der Waals surface area contributed by atoms with E-state index < -0.39 is 6.10 Å². The number of rotatable bonds is 4. The molecule has 0 fully saturated rings. The Morgan fingerprint density at radius 3 is 2.82 bits per heavy atom. The molecule has 0 radical (unpaired) electrons. The number of benzene rings is 1. The Morgan fingerprint density at radius 2 is 2.18 bits per heavy atom. The van der Waals surface area contributed by atoms with Crippen LogP contribution in [0.15, 0.2) is 28.6 Å². The molecule has 1 aromatic heterocycles. The lowest BCUT2D eigenvalue weighted by Crippen LogP contribution is -2.03. The third kappa shape index (κ3) is 3.24. The van der Waals surface area contributed by atoms with Gasteiger partial charge in [-0.2, -0.15) is 0 Å². The van der Waals surface area contributed by atoms with Crippen LogP contribution in [0.4, 0.5) is 4.39 Å². The van der Waals surface area contributed by atoms with E-state index in [9.17, 15) is 9.50 Å². The largest absolute Gasteiger partial charge is 0.387 e. The van der Waals surface area contributed by atoms with Gasteiger partial charge in [-0.3, -0.25) is 0 Å². The van der Waals surface area contributed by atoms with Crippen molar-refractivity contribution in [3.63, 3.8) is 0 Å². The summed E-state index contributed by atoms with van der Waals surface area (Å²) in [5.74, 6) is -0.00991. The zero-order valence-corrected chi connectivity index (χ0v) is 10.8. The van der Waals surface area contributed by atoms with Crippen LogP contribution in [-0.2, 0) is 0 Å². The fraction of sp³-hybridized carbons (Fsp3) is 0.273. The molecule has 1 atom stereocenters. The van der Waals surface area contributed by atoms with Gasteiger partial charge in [-0.1, -0.05) is 41.3 Å². The van der Waals surface area contributed by atoms with Crippen LogP contribution in [0.3, 0.4) is 0 Å². The van der Waals surface area contributed by atoms with Crippen molar-refractivity contribution < 1.29 is 9.50 Å². The second-order valence-corrected chi connectivity index (χ2v) is 5.88. The Kier molecular flexibility index (Phi) is 4.09. The van der Waals surface area contributed by atoms with Gasteiger partial charge >= 0.3 is 0 Å². The van der Waals surface area contributed by atoms with Crippen molar-refractivity contribution in [2.45, 2.75) is 17.4 Å². The molecule has 0 aliphatic heterocycles. The maximum absolute atomic E-state index is 13.4. The minimum absolute atomic E-state index is 0.321. The van der Waals surface area contributed by atoms with E-state index in [0.29, 0.717) is 11.3 Å². The lowest BCUT2D eigenvalue weighted by atomic mass is 10.1. The zero-order chi connectivity index (χ0) is 12.3. The molecular weight excluding hydrogens is 259 g/mol. The minimum atomic E-state index is -0.828. The van der Waals surface area contributed by atoms with Gasteiger partial charge in [0, 0.05) is 11.3 Å². The summed E-state index contributed by atoms with van der Waals surface area (Å²) in [6, 6.07) is 6.25. The van der Waals surface area contributed by atoms with Crippen LogP contribution in [0.25, 0.3) is 0 Å². The van der Waals surface area contributed by atoms with Gasteiger partial charge < -0.3 is 5.11 Å². The Hall–Kier alpha value is -0.980. The molecule has 1 N–H and O–H groups in total. The second kappa shape index (κ2) is 5.57. The molecule has 0 aliphatic carbocycles. The van der Waals surface area contributed by atoms with E-state index >= 15 is 0 Å². The van der Waals surface area contributed by atoms with Gasteiger partial charge in [0.1, 0.15) is 10.8 Å². The van der Waals surface area contributed by atoms with Crippen LogP contribution in [0.2, 0.25) is 0 Å². The summed E-state index contributed by atoms with van der Waals surface area (Å²) < 4.78 is 14.2. The number of hydrogen-bond acceptors (Lipinski definition) is 5. The van der Waals surface area contributed by atoms with Gasteiger partial charge in [-0.05, 0) is 13.0 Å². The van der Waals surface area contributed by atoms with E-state index in [4.69, 9.17) is 0 Å². The number of halogens is 1. The van der Waals surface area contributed by atoms with Crippen molar-refractivity contribution in [2.75, 3.05) is 5.75 Å². The number of aryl methyl sites for hydroxylation is 1. The van der Waals surface area contributed by atoms with Crippen LogP contribution in [0.5, 0.6) is 0 Å². The second-order valence-electron chi connectivity index (χ2n) is 3.44. The molecule has 2 aromatic rings. The molecule has 6 heteroatoms. The number of hydrogen-bond donors (Lipinski definition) is 1. The molecule has 0 bridgehead atoms. The molecule has 0 spiro atoms. The third-order valence-electron chi connectivity index (χ3n) is 2.14.